The van der Waals surface area contributed by atoms with Gasteiger partial charge >= 0.3 is 11.7 Å². The summed E-state index contributed by atoms with van der Waals surface area (Å²) in [6.45, 7) is -0.283. The van der Waals surface area contributed by atoms with Gasteiger partial charge in [-0.3, -0.25) is 23.6 Å². The lowest BCUT2D eigenvalue weighted by atomic mass is 10.1. The number of benzene rings is 1. The van der Waals surface area contributed by atoms with Gasteiger partial charge in [-0.2, -0.15) is 0 Å². The quantitative estimate of drug-likeness (QED) is 0.713. The van der Waals surface area contributed by atoms with Gasteiger partial charge in [-0.15, -0.1) is 0 Å². The number of nitrogens with zero attached hydrogens (tertiary/aromatic N) is 3. The number of hydrogen-bond acceptors (Lipinski definition) is 5. The molecule has 2 aromatic rings. The van der Waals surface area contributed by atoms with E-state index in [0.29, 0.717) is 12.1 Å². The first-order valence-corrected chi connectivity index (χ1v) is 7.68. The van der Waals surface area contributed by atoms with Crippen molar-refractivity contribution in [2.45, 2.75) is 19.0 Å². The van der Waals surface area contributed by atoms with Gasteiger partial charge in [-0.05, 0) is 11.6 Å². The topological polar surface area (TPSA) is 90.6 Å². The molecule has 1 aliphatic heterocycles. The van der Waals surface area contributed by atoms with Gasteiger partial charge in [0.2, 0.25) is 5.91 Å². The minimum absolute atomic E-state index is 0.283. The lowest BCUT2D eigenvalue weighted by molar-refractivity contribution is -0.143. The van der Waals surface area contributed by atoms with E-state index in [1.54, 1.807) is 12.1 Å². The Morgan fingerprint density at radius 1 is 1.20 bits per heavy atom. The lowest BCUT2D eigenvalue weighted by Crippen LogP contribution is -2.47. The summed E-state index contributed by atoms with van der Waals surface area (Å²) in [7, 11) is 2.61. The van der Waals surface area contributed by atoms with Crippen molar-refractivity contribution in [3.05, 3.63) is 62.9 Å². The number of amides is 1. The summed E-state index contributed by atoms with van der Waals surface area (Å²) in [6, 6.07) is 7.65. The standard InChI is InChI=1S/C17H17N3O5/c1-18-14(21)7-8-19(17(18)24)10-15(22)20-12-6-4-3-5-11(12)9-13(20)16(23)25-2/h3-8,13H,9-10H2,1-2H3/t13-/m1/s1. The number of methoxy groups -OCH3 is 1. The maximum Gasteiger partial charge on any atom is 0.331 e. The van der Waals surface area contributed by atoms with E-state index >= 15 is 0 Å². The zero-order chi connectivity index (χ0) is 18.1. The third-order valence-electron chi connectivity index (χ3n) is 4.28. The summed E-state index contributed by atoms with van der Waals surface area (Å²) in [4.78, 5) is 49.9. The van der Waals surface area contributed by atoms with Gasteiger partial charge in [0.25, 0.3) is 5.56 Å². The first-order valence-electron chi connectivity index (χ1n) is 7.68. The Bertz CT molecular complexity index is 959. The van der Waals surface area contributed by atoms with Crippen LogP contribution in [-0.2, 0) is 34.3 Å². The van der Waals surface area contributed by atoms with Crippen LogP contribution in [0, 0.1) is 0 Å². The highest BCUT2D eigenvalue weighted by atomic mass is 16.5. The number of anilines is 1. The second-order valence-corrected chi connectivity index (χ2v) is 5.76. The fourth-order valence-corrected chi connectivity index (χ4v) is 2.98. The zero-order valence-electron chi connectivity index (χ0n) is 13.8. The molecule has 1 amide bonds. The Labute approximate surface area is 142 Å². The van der Waals surface area contributed by atoms with E-state index in [9.17, 15) is 19.2 Å². The fraction of sp³-hybridized carbons (Fsp3) is 0.294. The molecule has 0 saturated heterocycles. The highest BCUT2D eigenvalue weighted by Gasteiger charge is 2.38. The Morgan fingerprint density at radius 2 is 1.92 bits per heavy atom. The summed E-state index contributed by atoms with van der Waals surface area (Å²) in [5.74, 6) is -0.946. The largest absolute Gasteiger partial charge is 0.467 e. The zero-order valence-corrected chi connectivity index (χ0v) is 13.8. The predicted octanol–water partition coefficient (Wildman–Crippen LogP) is -0.322. The molecule has 0 aliphatic carbocycles. The predicted molar refractivity (Wildman–Crippen MR) is 89.4 cm³/mol. The molecular formula is C17H17N3O5. The van der Waals surface area contributed by atoms with Gasteiger partial charge in [0.15, 0.2) is 0 Å². The molecule has 0 radical (unpaired) electrons. The molecule has 3 rings (SSSR count). The van der Waals surface area contributed by atoms with Crippen LogP contribution in [0.25, 0.3) is 0 Å². The van der Waals surface area contributed by atoms with Crippen molar-refractivity contribution >= 4 is 17.6 Å². The number of ether oxygens (including phenoxy) is 1. The Hall–Kier alpha value is -3.16. The number of fused-ring (bicyclic) bond motifs is 1. The van der Waals surface area contributed by atoms with Crippen molar-refractivity contribution < 1.29 is 14.3 Å². The van der Waals surface area contributed by atoms with Crippen molar-refractivity contribution in [3.8, 4) is 0 Å². The Kier molecular flexibility index (Phi) is 4.26. The minimum atomic E-state index is -0.766. The van der Waals surface area contributed by atoms with Gasteiger partial charge in [-0.25, -0.2) is 9.59 Å². The van der Waals surface area contributed by atoms with Crippen LogP contribution in [0.3, 0.4) is 0 Å². The number of hydrogen-bond donors (Lipinski definition) is 0. The van der Waals surface area contributed by atoms with Crippen molar-refractivity contribution in [3.63, 3.8) is 0 Å². The average Bonchev–Trinajstić information content (AvgIpc) is 3.01. The smallest absolute Gasteiger partial charge is 0.331 e. The van der Waals surface area contributed by atoms with Crippen LogP contribution in [0.4, 0.5) is 5.69 Å². The SMILES string of the molecule is COC(=O)[C@H]1Cc2ccccc2N1C(=O)Cn1ccc(=O)n(C)c1=O. The summed E-state index contributed by atoms with van der Waals surface area (Å²) < 4.78 is 6.87. The molecule has 1 aromatic heterocycles. The molecule has 1 aromatic carbocycles. The molecule has 1 aliphatic rings. The van der Waals surface area contributed by atoms with Gasteiger partial charge in [0.05, 0.1) is 7.11 Å². The van der Waals surface area contributed by atoms with Crippen LogP contribution in [-0.4, -0.2) is 34.2 Å². The first kappa shape index (κ1) is 16.7. The number of rotatable bonds is 3. The molecule has 0 N–H and O–H groups in total. The van der Waals surface area contributed by atoms with Crippen molar-refractivity contribution in [2.75, 3.05) is 12.0 Å². The van der Waals surface area contributed by atoms with Gasteiger partial charge < -0.3 is 4.74 Å². The molecule has 0 fully saturated rings. The molecule has 8 nitrogen and oxygen atoms in total. The Balaban J connectivity index is 1.97. The van der Waals surface area contributed by atoms with E-state index < -0.39 is 29.2 Å². The number of carbonyl (C=O) groups excluding carboxylic acids is 2. The molecule has 0 bridgehead atoms. The number of para-hydroxylation sites is 1. The third kappa shape index (κ3) is 2.86. The van der Waals surface area contributed by atoms with E-state index in [0.717, 1.165) is 14.7 Å². The molecule has 8 heteroatoms. The molecule has 2 heterocycles. The normalized spacial score (nSPS) is 15.8. The molecule has 25 heavy (non-hydrogen) atoms. The second kappa shape index (κ2) is 6.39. The second-order valence-electron chi connectivity index (χ2n) is 5.76. The Morgan fingerprint density at radius 3 is 2.64 bits per heavy atom. The molecule has 0 spiro atoms. The summed E-state index contributed by atoms with van der Waals surface area (Å²) in [5.41, 5.74) is 0.440. The number of carbonyl (C=O) groups is 2. The number of esters is 1. The lowest BCUT2D eigenvalue weighted by Gasteiger charge is -2.24. The highest BCUT2D eigenvalue weighted by Crippen LogP contribution is 2.32. The van der Waals surface area contributed by atoms with Crippen molar-refractivity contribution in [1.29, 1.82) is 0 Å². The van der Waals surface area contributed by atoms with E-state index in [4.69, 9.17) is 4.74 Å². The highest BCUT2D eigenvalue weighted by molar-refractivity contribution is 6.02. The van der Waals surface area contributed by atoms with Crippen LogP contribution in [0.5, 0.6) is 0 Å². The molecule has 130 valence electrons. The first-order chi connectivity index (χ1) is 11.9. The minimum Gasteiger partial charge on any atom is -0.467 e. The van der Waals surface area contributed by atoms with Crippen LogP contribution < -0.4 is 16.1 Å². The monoisotopic (exact) mass is 343 g/mol. The van der Waals surface area contributed by atoms with Crippen LogP contribution in [0.1, 0.15) is 5.56 Å². The van der Waals surface area contributed by atoms with Crippen LogP contribution in [0.2, 0.25) is 0 Å². The molecule has 1 atom stereocenters. The molecule has 0 unspecified atom stereocenters. The maximum absolute atomic E-state index is 12.8. The summed E-state index contributed by atoms with van der Waals surface area (Å²) in [5, 5.41) is 0. The van der Waals surface area contributed by atoms with Gasteiger partial charge in [0, 0.05) is 31.4 Å². The van der Waals surface area contributed by atoms with Crippen LogP contribution >= 0.6 is 0 Å². The molecule has 0 saturated carbocycles. The van der Waals surface area contributed by atoms with Crippen LogP contribution in [0.15, 0.2) is 46.1 Å². The summed E-state index contributed by atoms with van der Waals surface area (Å²) >= 11 is 0. The van der Waals surface area contributed by atoms with Gasteiger partial charge in [0.1, 0.15) is 12.6 Å². The van der Waals surface area contributed by atoms with E-state index in [2.05, 4.69) is 0 Å². The van der Waals surface area contributed by atoms with Crippen molar-refractivity contribution in [2.24, 2.45) is 7.05 Å². The van der Waals surface area contributed by atoms with E-state index in [-0.39, 0.29) is 6.54 Å². The molecular weight excluding hydrogens is 326 g/mol. The third-order valence-corrected chi connectivity index (χ3v) is 4.28. The number of aromatic nitrogens is 2. The van der Waals surface area contributed by atoms with Crippen molar-refractivity contribution in [1.82, 2.24) is 9.13 Å². The van der Waals surface area contributed by atoms with E-state index in [1.165, 1.54) is 31.3 Å². The van der Waals surface area contributed by atoms with Gasteiger partial charge in [-0.1, -0.05) is 18.2 Å². The summed E-state index contributed by atoms with van der Waals surface area (Å²) in [6.07, 6.45) is 1.63. The fourth-order valence-electron chi connectivity index (χ4n) is 2.98. The maximum atomic E-state index is 12.8. The average molecular weight is 343 g/mol. The van der Waals surface area contributed by atoms with E-state index in [1.807, 2.05) is 12.1 Å².